The van der Waals surface area contributed by atoms with Crippen molar-refractivity contribution in [2.45, 2.75) is 18.5 Å². The van der Waals surface area contributed by atoms with Gasteiger partial charge in [-0.25, -0.2) is 5.43 Å². The summed E-state index contributed by atoms with van der Waals surface area (Å²) >= 11 is 6.12. The molecule has 1 amide bonds. The first-order valence-corrected chi connectivity index (χ1v) is 7.98. The predicted molar refractivity (Wildman–Crippen MR) is 89.5 cm³/mol. The lowest BCUT2D eigenvalue weighted by Crippen LogP contribution is -2.20. The third-order valence-corrected chi connectivity index (χ3v) is 4.40. The Morgan fingerprint density at radius 3 is 2.48 bits per heavy atom. The second-order valence-electron chi connectivity index (χ2n) is 5.82. The fourth-order valence-corrected chi connectivity index (χ4v) is 2.89. The molecule has 2 unspecified atom stereocenters. The fraction of sp³-hybridized carbons (Fsp3) is 0.222. The van der Waals surface area contributed by atoms with Crippen LogP contribution < -0.4 is 5.43 Å². The molecule has 0 radical (unpaired) electrons. The molecule has 3 rings (SSSR count). The number of hydrazone groups is 1. The van der Waals surface area contributed by atoms with Crippen molar-refractivity contribution in [3.05, 3.63) is 70.2 Å². The van der Waals surface area contributed by atoms with E-state index in [4.69, 9.17) is 11.6 Å². The van der Waals surface area contributed by atoms with Gasteiger partial charge in [0.05, 0.1) is 11.8 Å². The molecule has 1 fully saturated rings. The third-order valence-electron chi connectivity index (χ3n) is 4.06. The van der Waals surface area contributed by atoms with E-state index in [1.807, 2.05) is 18.2 Å². The average Bonchev–Trinajstić information content (AvgIpc) is 3.35. The van der Waals surface area contributed by atoms with Gasteiger partial charge < -0.3 is 0 Å². The van der Waals surface area contributed by atoms with Gasteiger partial charge in [-0.2, -0.15) is 18.3 Å². The van der Waals surface area contributed by atoms with Crippen LogP contribution >= 0.6 is 11.6 Å². The van der Waals surface area contributed by atoms with Crippen molar-refractivity contribution in [2.75, 3.05) is 0 Å². The number of alkyl halides is 3. The second-order valence-corrected chi connectivity index (χ2v) is 6.23. The van der Waals surface area contributed by atoms with Gasteiger partial charge in [0, 0.05) is 10.9 Å². The van der Waals surface area contributed by atoms with Crippen LogP contribution in [0.1, 0.15) is 29.0 Å². The van der Waals surface area contributed by atoms with Crippen LogP contribution in [0, 0.1) is 5.92 Å². The molecule has 130 valence electrons. The molecule has 0 aromatic heterocycles. The van der Waals surface area contributed by atoms with Crippen LogP contribution in [0.4, 0.5) is 13.2 Å². The number of rotatable bonds is 4. The summed E-state index contributed by atoms with van der Waals surface area (Å²) in [5.74, 6) is -0.340. The van der Waals surface area contributed by atoms with Gasteiger partial charge >= 0.3 is 6.18 Å². The van der Waals surface area contributed by atoms with Crippen LogP contribution in [0.5, 0.6) is 0 Å². The van der Waals surface area contributed by atoms with E-state index in [2.05, 4.69) is 10.5 Å². The normalized spacial score (nSPS) is 19.8. The second kappa shape index (κ2) is 6.88. The van der Waals surface area contributed by atoms with E-state index >= 15 is 0 Å². The predicted octanol–water partition coefficient (Wildman–Crippen LogP) is 4.61. The van der Waals surface area contributed by atoms with Gasteiger partial charge in [0.25, 0.3) is 0 Å². The molecule has 25 heavy (non-hydrogen) atoms. The molecule has 1 saturated carbocycles. The number of hydrogen-bond donors (Lipinski definition) is 1. The van der Waals surface area contributed by atoms with Gasteiger partial charge in [0.1, 0.15) is 0 Å². The molecule has 1 aliphatic rings. The molecule has 3 nitrogen and oxygen atoms in total. The lowest BCUT2D eigenvalue weighted by atomic mass is 10.1. The van der Waals surface area contributed by atoms with Crippen molar-refractivity contribution in [3.8, 4) is 0 Å². The maximum Gasteiger partial charge on any atom is 0.416 e. The van der Waals surface area contributed by atoms with E-state index in [1.165, 1.54) is 18.3 Å². The Kier molecular flexibility index (Phi) is 4.81. The number of hydrogen-bond acceptors (Lipinski definition) is 2. The van der Waals surface area contributed by atoms with Gasteiger partial charge in [-0.05, 0) is 41.7 Å². The molecule has 0 spiro atoms. The minimum absolute atomic E-state index is 0.0787. The van der Waals surface area contributed by atoms with Crippen LogP contribution in [-0.4, -0.2) is 12.1 Å². The van der Waals surface area contributed by atoms with Crippen molar-refractivity contribution in [3.63, 3.8) is 0 Å². The molecular formula is C18H14ClF3N2O. The molecule has 2 aromatic rings. The zero-order valence-corrected chi connectivity index (χ0v) is 13.7. The molecule has 2 aromatic carbocycles. The largest absolute Gasteiger partial charge is 0.416 e. The highest BCUT2D eigenvalue weighted by atomic mass is 35.5. The summed E-state index contributed by atoms with van der Waals surface area (Å²) < 4.78 is 37.4. The fourth-order valence-electron chi connectivity index (χ4n) is 2.62. The quantitative estimate of drug-likeness (QED) is 0.623. The summed E-state index contributed by atoms with van der Waals surface area (Å²) in [4.78, 5) is 12.1. The molecular weight excluding hydrogens is 353 g/mol. The van der Waals surface area contributed by atoms with Crippen LogP contribution in [0.3, 0.4) is 0 Å². The van der Waals surface area contributed by atoms with Crippen molar-refractivity contribution < 1.29 is 18.0 Å². The van der Waals surface area contributed by atoms with Gasteiger partial charge in [-0.1, -0.05) is 41.9 Å². The Hall–Kier alpha value is -2.34. The topological polar surface area (TPSA) is 41.5 Å². The highest BCUT2D eigenvalue weighted by Crippen LogP contribution is 2.49. The van der Waals surface area contributed by atoms with Gasteiger partial charge in [0.2, 0.25) is 5.91 Å². The van der Waals surface area contributed by atoms with Crippen LogP contribution in [0.15, 0.2) is 53.6 Å². The summed E-state index contributed by atoms with van der Waals surface area (Å²) in [5, 5.41) is 4.44. The molecule has 0 heterocycles. The summed E-state index contributed by atoms with van der Waals surface area (Å²) in [5.41, 5.74) is 3.10. The Labute approximate surface area is 147 Å². The minimum atomic E-state index is -4.37. The number of carbonyl (C=O) groups excluding carboxylic acids is 1. The summed E-state index contributed by atoms with van der Waals surface area (Å²) in [7, 11) is 0. The first kappa shape index (κ1) is 17.5. The Morgan fingerprint density at radius 2 is 1.84 bits per heavy atom. The minimum Gasteiger partial charge on any atom is -0.273 e. The number of amides is 1. The number of carbonyl (C=O) groups is 1. The Morgan fingerprint density at radius 1 is 1.16 bits per heavy atom. The average molecular weight is 367 g/mol. The molecule has 1 N–H and O–H groups in total. The highest BCUT2D eigenvalue weighted by molar-refractivity contribution is 6.31. The number of benzene rings is 2. The summed E-state index contributed by atoms with van der Waals surface area (Å²) in [6.45, 7) is 0. The van der Waals surface area contributed by atoms with E-state index in [0.29, 0.717) is 17.0 Å². The first-order valence-electron chi connectivity index (χ1n) is 7.61. The third kappa shape index (κ3) is 4.20. The molecule has 2 atom stereocenters. The standard InChI is InChI=1S/C18H14ClF3N2O/c19-16-4-2-1-3-13(16)14-9-15(14)17(25)24-23-10-11-5-7-12(8-6-11)18(20,21)22/h1-8,10,14-15H,9H2,(H,24,25). The number of nitrogens with one attached hydrogen (secondary N) is 1. The van der Waals surface area contributed by atoms with Crippen molar-refractivity contribution in [1.29, 1.82) is 0 Å². The highest BCUT2D eigenvalue weighted by Gasteiger charge is 2.44. The van der Waals surface area contributed by atoms with Gasteiger partial charge in [0.15, 0.2) is 0 Å². The Balaban J connectivity index is 1.55. The van der Waals surface area contributed by atoms with Crippen LogP contribution in [0.25, 0.3) is 0 Å². The first-order chi connectivity index (χ1) is 11.9. The Bertz CT molecular complexity index is 803. The summed E-state index contributed by atoms with van der Waals surface area (Å²) in [6.07, 6.45) is -2.36. The number of nitrogens with zero attached hydrogens (tertiary/aromatic N) is 1. The maximum atomic E-state index is 12.5. The van der Waals surface area contributed by atoms with E-state index in [9.17, 15) is 18.0 Å². The summed E-state index contributed by atoms with van der Waals surface area (Å²) in [6, 6.07) is 11.9. The lowest BCUT2D eigenvalue weighted by molar-refractivity contribution is -0.137. The zero-order chi connectivity index (χ0) is 18.0. The monoisotopic (exact) mass is 366 g/mol. The SMILES string of the molecule is O=C(NN=Cc1ccc(C(F)(F)F)cc1)C1CC1c1ccccc1Cl. The van der Waals surface area contributed by atoms with Gasteiger partial charge in [-0.3, -0.25) is 4.79 Å². The van der Waals surface area contributed by atoms with E-state index in [-0.39, 0.29) is 17.7 Å². The van der Waals surface area contributed by atoms with E-state index in [1.54, 1.807) is 6.07 Å². The maximum absolute atomic E-state index is 12.5. The van der Waals surface area contributed by atoms with Gasteiger partial charge in [-0.15, -0.1) is 0 Å². The smallest absolute Gasteiger partial charge is 0.273 e. The molecule has 0 bridgehead atoms. The molecule has 7 heteroatoms. The number of halogens is 4. The van der Waals surface area contributed by atoms with Crippen LogP contribution in [-0.2, 0) is 11.0 Å². The molecule has 0 saturated heterocycles. The molecule has 1 aliphatic carbocycles. The van der Waals surface area contributed by atoms with Crippen LogP contribution in [0.2, 0.25) is 5.02 Å². The van der Waals surface area contributed by atoms with E-state index < -0.39 is 11.7 Å². The zero-order valence-electron chi connectivity index (χ0n) is 12.9. The van der Waals surface area contributed by atoms with Crippen molar-refractivity contribution in [1.82, 2.24) is 5.43 Å². The lowest BCUT2D eigenvalue weighted by Gasteiger charge is -2.05. The van der Waals surface area contributed by atoms with E-state index in [0.717, 1.165) is 17.7 Å². The molecule has 0 aliphatic heterocycles. The van der Waals surface area contributed by atoms with Crippen molar-refractivity contribution in [2.24, 2.45) is 11.0 Å². The van der Waals surface area contributed by atoms with Crippen molar-refractivity contribution >= 4 is 23.7 Å².